The van der Waals surface area contributed by atoms with E-state index in [0.717, 1.165) is 17.1 Å². The number of rotatable bonds is 5. The van der Waals surface area contributed by atoms with Gasteiger partial charge in [0.25, 0.3) is 0 Å². The molecule has 20 heavy (non-hydrogen) atoms. The van der Waals surface area contributed by atoms with Crippen molar-refractivity contribution in [2.24, 2.45) is 0 Å². The Bertz CT molecular complexity index is 566. The number of aromatic nitrogens is 2. The topological polar surface area (TPSA) is 70.3 Å². The van der Waals surface area contributed by atoms with Gasteiger partial charge in [-0.2, -0.15) is 5.10 Å². The van der Waals surface area contributed by atoms with Gasteiger partial charge in [-0.1, -0.05) is 18.2 Å². The molecule has 0 radical (unpaired) electrons. The van der Waals surface area contributed by atoms with Gasteiger partial charge in [-0.3, -0.25) is 0 Å². The Hall–Kier alpha value is -1.69. The van der Waals surface area contributed by atoms with Crippen molar-refractivity contribution in [1.29, 1.82) is 0 Å². The summed E-state index contributed by atoms with van der Waals surface area (Å²) < 4.78 is 1.79. The van der Waals surface area contributed by atoms with Crippen molar-refractivity contribution in [3.63, 3.8) is 0 Å². The molecule has 5 heteroatoms. The highest BCUT2D eigenvalue weighted by Crippen LogP contribution is 2.26. The molecule has 2 rings (SSSR count). The molecule has 0 amide bonds. The number of nitrogens with zero attached hydrogens (tertiary/aromatic N) is 2. The predicted octanol–water partition coefficient (Wildman–Crippen LogP) is 1.10. The van der Waals surface area contributed by atoms with Gasteiger partial charge in [0.05, 0.1) is 17.5 Å². The third-order valence-electron chi connectivity index (χ3n) is 3.42. The summed E-state index contributed by atoms with van der Waals surface area (Å²) in [5, 5.41) is 27.6. The SMILES string of the molecule is CNCC(O)C(O)c1c(C)nn(-c2ccccc2)c1C. The van der Waals surface area contributed by atoms with Crippen LogP contribution in [0, 0.1) is 13.8 Å². The van der Waals surface area contributed by atoms with Gasteiger partial charge in [0.15, 0.2) is 0 Å². The zero-order valence-electron chi connectivity index (χ0n) is 12.0. The monoisotopic (exact) mass is 275 g/mol. The number of benzene rings is 1. The number of aryl methyl sites for hydroxylation is 1. The van der Waals surface area contributed by atoms with Crippen LogP contribution >= 0.6 is 0 Å². The summed E-state index contributed by atoms with van der Waals surface area (Å²) in [6, 6.07) is 9.75. The van der Waals surface area contributed by atoms with Crippen molar-refractivity contribution < 1.29 is 10.2 Å². The number of likely N-dealkylation sites (N-methyl/N-ethyl adjacent to an activating group) is 1. The molecule has 108 valence electrons. The summed E-state index contributed by atoms with van der Waals surface area (Å²) in [6.07, 6.45) is -1.80. The minimum atomic E-state index is -0.945. The first-order valence-electron chi connectivity index (χ1n) is 6.68. The normalized spacial score (nSPS) is 14.2. The first-order chi connectivity index (χ1) is 9.56. The van der Waals surface area contributed by atoms with E-state index >= 15 is 0 Å². The van der Waals surface area contributed by atoms with Crippen molar-refractivity contribution in [3.05, 3.63) is 47.3 Å². The summed E-state index contributed by atoms with van der Waals surface area (Å²) in [4.78, 5) is 0. The minimum absolute atomic E-state index is 0.330. The molecular weight excluding hydrogens is 254 g/mol. The molecule has 1 aromatic heterocycles. The zero-order chi connectivity index (χ0) is 14.7. The van der Waals surface area contributed by atoms with Crippen molar-refractivity contribution in [2.45, 2.75) is 26.1 Å². The lowest BCUT2D eigenvalue weighted by Gasteiger charge is -2.18. The van der Waals surface area contributed by atoms with Crippen LogP contribution in [-0.2, 0) is 0 Å². The molecular formula is C15H21N3O2. The molecule has 0 aliphatic rings. The fourth-order valence-corrected chi connectivity index (χ4v) is 2.42. The van der Waals surface area contributed by atoms with Crippen molar-refractivity contribution in [3.8, 4) is 5.69 Å². The van der Waals surface area contributed by atoms with Crippen LogP contribution in [-0.4, -0.2) is 39.7 Å². The highest BCUT2D eigenvalue weighted by Gasteiger charge is 2.25. The first kappa shape index (κ1) is 14.7. The third-order valence-corrected chi connectivity index (χ3v) is 3.42. The second-order valence-corrected chi connectivity index (χ2v) is 4.90. The van der Waals surface area contributed by atoms with Gasteiger partial charge in [0, 0.05) is 17.8 Å². The average Bonchev–Trinajstić information content (AvgIpc) is 2.74. The van der Waals surface area contributed by atoms with Gasteiger partial charge >= 0.3 is 0 Å². The van der Waals surface area contributed by atoms with Crippen LogP contribution < -0.4 is 5.32 Å². The molecule has 2 unspecified atom stereocenters. The van der Waals surface area contributed by atoms with E-state index in [2.05, 4.69) is 10.4 Å². The van der Waals surface area contributed by atoms with E-state index in [1.165, 1.54) is 0 Å². The highest BCUT2D eigenvalue weighted by atomic mass is 16.3. The lowest BCUT2D eigenvalue weighted by molar-refractivity contribution is 0.0195. The Balaban J connectivity index is 2.39. The molecule has 1 aromatic carbocycles. The van der Waals surface area contributed by atoms with Gasteiger partial charge in [0.1, 0.15) is 6.10 Å². The maximum absolute atomic E-state index is 10.3. The summed E-state index contributed by atoms with van der Waals surface area (Å²) >= 11 is 0. The summed E-state index contributed by atoms with van der Waals surface area (Å²) in [7, 11) is 1.74. The third kappa shape index (κ3) is 2.75. The number of para-hydroxylation sites is 1. The van der Waals surface area contributed by atoms with E-state index in [1.54, 1.807) is 11.7 Å². The van der Waals surface area contributed by atoms with Crippen molar-refractivity contribution in [2.75, 3.05) is 13.6 Å². The van der Waals surface area contributed by atoms with Crippen molar-refractivity contribution >= 4 is 0 Å². The Morgan fingerprint density at radius 1 is 1.20 bits per heavy atom. The Labute approximate surface area is 118 Å². The molecule has 5 nitrogen and oxygen atoms in total. The Morgan fingerprint density at radius 3 is 2.45 bits per heavy atom. The van der Waals surface area contributed by atoms with E-state index < -0.39 is 12.2 Å². The van der Waals surface area contributed by atoms with Gasteiger partial charge in [-0.05, 0) is 33.0 Å². The molecule has 0 fully saturated rings. The second kappa shape index (κ2) is 6.17. The van der Waals surface area contributed by atoms with Gasteiger partial charge < -0.3 is 15.5 Å². The van der Waals surface area contributed by atoms with Crippen LogP contribution in [0.25, 0.3) is 5.69 Å². The second-order valence-electron chi connectivity index (χ2n) is 4.90. The molecule has 2 atom stereocenters. The number of hydrogen-bond acceptors (Lipinski definition) is 4. The highest BCUT2D eigenvalue weighted by molar-refractivity contribution is 5.38. The molecule has 1 heterocycles. The molecule has 0 bridgehead atoms. The summed E-state index contributed by atoms with van der Waals surface area (Å²) in [5.74, 6) is 0. The molecule has 0 saturated heterocycles. The fraction of sp³-hybridized carbons (Fsp3) is 0.400. The van der Waals surface area contributed by atoms with Crippen molar-refractivity contribution in [1.82, 2.24) is 15.1 Å². The Morgan fingerprint density at radius 2 is 1.85 bits per heavy atom. The maximum atomic E-state index is 10.3. The average molecular weight is 275 g/mol. The van der Waals surface area contributed by atoms with Gasteiger partial charge in [-0.25, -0.2) is 4.68 Å². The number of nitrogens with one attached hydrogen (secondary N) is 1. The Kier molecular flexibility index (Phi) is 4.54. The minimum Gasteiger partial charge on any atom is -0.389 e. The number of aliphatic hydroxyl groups excluding tert-OH is 2. The zero-order valence-corrected chi connectivity index (χ0v) is 12.0. The predicted molar refractivity (Wildman–Crippen MR) is 77.9 cm³/mol. The lowest BCUT2D eigenvalue weighted by atomic mass is 10.0. The molecule has 0 spiro atoms. The number of hydrogen-bond donors (Lipinski definition) is 3. The van der Waals surface area contributed by atoms with E-state index in [4.69, 9.17) is 0 Å². The first-order valence-corrected chi connectivity index (χ1v) is 6.68. The van der Waals surface area contributed by atoms with Crippen LogP contribution in [0.4, 0.5) is 0 Å². The number of aliphatic hydroxyl groups is 2. The molecule has 0 aliphatic carbocycles. The quantitative estimate of drug-likeness (QED) is 0.764. The smallest absolute Gasteiger partial charge is 0.110 e. The van der Waals surface area contributed by atoms with Crippen LogP contribution in [0.1, 0.15) is 23.1 Å². The van der Waals surface area contributed by atoms with Crippen LogP contribution in [0.3, 0.4) is 0 Å². The molecule has 3 N–H and O–H groups in total. The van der Waals surface area contributed by atoms with E-state index in [9.17, 15) is 10.2 Å². The maximum Gasteiger partial charge on any atom is 0.110 e. The molecule has 0 saturated carbocycles. The molecule has 0 aliphatic heterocycles. The summed E-state index contributed by atoms with van der Waals surface area (Å²) in [6.45, 7) is 4.07. The summed E-state index contributed by atoms with van der Waals surface area (Å²) in [5.41, 5.74) is 3.21. The lowest BCUT2D eigenvalue weighted by Crippen LogP contribution is -2.30. The van der Waals surface area contributed by atoms with E-state index in [1.807, 2.05) is 44.2 Å². The van der Waals surface area contributed by atoms with E-state index in [0.29, 0.717) is 12.1 Å². The fourth-order valence-electron chi connectivity index (χ4n) is 2.42. The standard InChI is InChI=1S/C15H21N3O2/c1-10-14(15(20)13(19)9-16-3)11(2)18(17-10)12-7-5-4-6-8-12/h4-8,13,15-16,19-20H,9H2,1-3H3. The van der Waals surface area contributed by atoms with Crippen LogP contribution in [0.2, 0.25) is 0 Å². The van der Waals surface area contributed by atoms with Gasteiger partial charge in [0.2, 0.25) is 0 Å². The largest absolute Gasteiger partial charge is 0.389 e. The van der Waals surface area contributed by atoms with E-state index in [-0.39, 0.29) is 0 Å². The van der Waals surface area contributed by atoms with Crippen LogP contribution in [0.15, 0.2) is 30.3 Å². The molecule has 2 aromatic rings. The van der Waals surface area contributed by atoms with Crippen LogP contribution in [0.5, 0.6) is 0 Å². The van der Waals surface area contributed by atoms with Gasteiger partial charge in [-0.15, -0.1) is 0 Å².